The van der Waals surface area contributed by atoms with Crippen LogP contribution in [0.4, 0.5) is 5.69 Å². The number of amides is 2. The Kier molecular flexibility index (Phi) is 6.56. The smallest absolute Gasteiger partial charge is 0.311 e. The molecule has 0 unspecified atom stereocenters. The molecule has 1 atom stereocenters. The van der Waals surface area contributed by atoms with Gasteiger partial charge in [0.1, 0.15) is 0 Å². The predicted octanol–water partition coefficient (Wildman–Crippen LogP) is 1.64. The van der Waals surface area contributed by atoms with Crippen LogP contribution in [-0.2, 0) is 25.5 Å². The third-order valence-corrected chi connectivity index (χ3v) is 2.73. The number of carbonyl (C=O) groups is 3. The van der Waals surface area contributed by atoms with Crippen molar-refractivity contribution in [2.45, 2.75) is 46.3 Å². The zero-order valence-electron chi connectivity index (χ0n) is 13.3. The molecule has 0 aliphatic heterocycles. The molecule has 1 rings (SSSR count). The molecular formula is C16H22N2O4. The fraction of sp³-hybridized carbons (Fsp3) is 0.438. The minimum Gasteiger partial charge on any atom is -0.452 e. The molecule has 0 heterocycles. The van der Waals surface area contributed by atoms with Crippen LogP contribution < -0.4 is 10.6 Å². The lowest BCUT2D eigenvalue weighted by atomic mass is 10.1. The molecule has 2 N–H and O–H groups in total. The number of nitrogens with one attached hydrogen (secondary N) is 2. The fourth-order valence-corrected chi connectivity index (χ4v) is 1.77. The Labute approximate surface area is 130 Å². The minimum atomic E-state index is -0.825. The first-order valence-electron chi connectivity index (χ1n) is 7.14. The molecule has 6 heteroatoms. The van der Waals surface area contributed by atoms with Crippen molar-refractivity contribution in [1.82, 2.24) is 5.32 Å². The van der Waals surface area contributed by atoms with Crippen LogP contribution in [0, 0.1) is 0 Å². The van der Waals surface area contributed by atoms with Crippen molar-refractivity contribution in [3.63, 3.8) is 0 Å². The topological polar surface area (TPSA) is 84.5 Å². The monoisotopic (exact) mass is 306 g/mol. The molecule has 120 valence electrons. The highest BCUT2D eigenvalue weighted by Crippen LogP contribution is 2.11. The van der Waals surface area contributed by atoms with Crippen molar-refractivity contribution in [1.29, 1.82) is 0 Å². The van der Waals surface area contributed by atoms with Crippen LogP contribution >= 0.6 is 0 Å². The van der Waals surface area contributed by atoms with E-state index in [0.29, 0.717) is 5.69 Å². The van der Waals surface area contributed by atoms with Gasteiger partial charge in [0.25, 0.3) is 5.91 Å². The molecular weight excluding hydrogens is 284 g/mol. The second-order valence-corrected chi connectivity index (χ2v) is 5.35. The largest absolute Gasteiger partial charge is 0.452 e. The first kappa shape index (κ1) is 17.7. The highest BCUT2D eigenvalue weighted by atomic mass is 16.5. The van der Waals surface area contributed by atoms with E-state index >= 15 is 0 Å². The summed E-state index contributed by atoms with van der Waals surface area (Å²) in [6, 6.07) is 6.86. The number of hydrogen-bond donors (Lipinski definition) is 2. The molecule has 6 nitrogen and oxygen atoms in total. The number of anilines is 1. The summed E-state index contributed by atoms with van der Waals surface area (Å²) in [7, 11) is 0. The maximum Gasteiger partial charge on any atom is 0.311 e. The number of esters is 1. The Morgan fingerprint density at radius 3 is 2.18 bits per heavy atom. The minimum absolute atomic E-state index is 0.00466. The molecule has 0 spiro atoms. The van der Waals surface area contributed by atoms with E-state index in [9.17, 15) is 14.4 Å². The number of benzene rings is 1. The van der Waals surface area contributed by atoms with E-state index in [-0.39, 0.29) is 24.3 Å². The lowest BCUT2D eigenvalue weighted by Crippen LogP contribution is -2.39. The van der Waals surface area contributed by atoms with Gasteiger partial charge >= 0.3 is 5.97 Å². The van der Waals surface area contributed by atoms with E-state index < -0.39 is 12.1 Å². The maximum atomic E-state index is 11.8. The summed E-state index contributed by atoms with van der Waals surface area (Å²) < 4.78 is 5.09. The Balaban J connectivity index is 2.51. The highest BCUT2D eigenvalue weighted by Gasteiger charge is 2.18. The Morgan fingerprint density at radius 1 is 1.09 bits per heavy atom. The highest BCUT2D eigenvalue weighted by molar-refractivity contribution is 5.88. The average molecular weight is 306 g/mol. The van der Waals surface area contributed by atoms with Crippen LogP contribution in [0.1, 0.15) is 33.3 Å². The van der Waals surface area contributed by atoms with Gasteiger partial charge in [-0.2, -0.15) is 0 Å². The van der Waals surface area contributed by atoms with Gasteiger partial charge in [0.15, 0.2) is 6.10 Å². The SMILES string of the molecule is CC(=O)Nc1ccc(CC(=O)O[C@H](C)C(=O)NC(C)C)cc1. The van der Waals surface area contributed by atoms with Gasteiger partial charge in [-0.1, -0.05) is 12.1 Å². The van der Waals surface area contributed by atoms with Crippen molar-refractivity contribution in [2.24, 2.45) is 0 Å². The summed E-state index contributed by atoms with van der Waals surface area (Å²) in [5.74, 6) is -0.944. The third-order valence-electron chi connectivity index (χ3n) is 2.73. The molecule has 0 saturated heterocycles. The van der Waals surface area contributed by atoms with Crippen molar-refractivity contribution in [3.8, 4) is 0 Å². The Morgan fingerprint density at radius 2 is 1.68 bits per heavy atom. The van der Waals surface area contributed by atoms with Gasteiger partial charge in [0, 0.05) is 18.7 Å². The van der Waals surface area contributed by atoms with Gasteiger partial charge < -0.3 is 15.4 Å². The fourth-order valence-electron chi connectivity index (χ4n) is 1.77. The van der Waals surface area contributed by atoms with E-state index in [1.807, 2.05) is 13.8 Å². The van der Waals surface area contributed by atoms with Gasteiger partial charge in [-0.3, -0.25) is 14.4 Å². The van der Waals surface area contributed by atoms with Crippen LogP contribution in [0.2, 0.25) is 0 Å². The summed E-state index contributed by atoms with van der Waals surface area (Å²) in [5.41, 5.74) is 1.41. The van der Waals surface area contributed by atoms with Crippen molar-refractivity contribution >= 4 is 23.5 Å². The molecule has 0 saturated carbocycles. The summed E-state index contributed by atoms with van der Waals surface area (Å²) in [6.45, 7) is 6.64. The van der Waals surface area contributed by atoms with Crippen LogP contribution in [0.25, 0.3) is 0 Å². The molecule has 0 bridgehead atoms. The molecule has 2 amide bonds. The van der Waals surface area contributed by atoms with Crippen LogP contribution in [0.15, 0.2) is 24.3 Å². The lowest BCUT2D eigenvalue weighted by Gasteiger charge is -2.15. The Hall–Kier alpha value is -2.37. The summed E-state index contributed by atoms with van der Waals surface area (Å²) >= 11 is 0. The van der Waals surface area contributed by atoms with Gasteiger partial charge in [-0.25, -0.2) is 0 Å². The molecule has 0 aliphatic rings. The van der Waals surface area contributed by atoms with E-state index in [1.165, 1.54) is 13.8 Å². The average Bonchev–Trinajstić information content (AvgIpc) is 2.39. The number of rotatable bonds is 6. The van der Waals surface area contributed by atoms with Crippen LogP contribution in [-0.4, -0.2) is 29.9 Å². The van der Waals surface area contributed by atoms with E-state index in [1.54, 1.807) is 24.3 Å². The molecule has 22 heavy (non-hydrogen) atoms. The summed E-state index contributed by atoms with van der Waals surface area (Å²) in [6.07, 6.45) is -0.756. The number of carbonyl (C=O) groups excluding carboxylic acids is 3. The van der Waals surface area contributed by atoms with Crippen molar-refractivity contribution in [3.05, 3.63) is 29.8 Å². The predicted molar refractivity (Wildman–Crippen MR) is 83.3 cm³/mol. The summed E-state index contributed by atoms with van der Waals surface area (Å²) in [5, 5.41) is 5.32. The van der Waals surface area contributed by atoms with E-state index in [2.05, 4.69) is 10.6 Å². The third kappa shape index (κ3) is 6.39. The maximum absolute atomic E-state index is 11.8. The van der Waals surface area contributed by atoms with E-state index in [4.69, 9.17) is 4.74 Å². The quantitative estimate of drug-likeness (QED) is 0.783. The first-order chi connectivity index (χ1) is 10.3. The molecule has 0 radical (unpaired) electrons. The van der Waals surface area contributed by atoms with Gasteiger partial charge in [-0.05, 0) is 38.5 Å². The van der Waals surface area contributed by atoms with Crippen molar-refractivity contribution < 1.29 is 19.1 Å². The molecule has 0 aliphatic carbocycles. The van der Waals surface area contributed by atoms with E-state index in [0.717, 1.165) is 5.56 Å². The lowest BCUT2D eigenvalue weighted by molar-refractivity contribution is -0.154. The Bertz CT molecular complexity index is 538. The second kappa shape index (κ2) is 8.17. The number of ether oxygens (including phenoxy) is 1. The molecule has 0 aromatic heterocycles. The summed E-state index contributed by atoms with van der Waals surface area (Å²) in [4.78, 5) is 34.4. The molecule has 1 aromatic rings. The van der Waals surface area contributed by atoms with Gasteiger partial charge in [-0.15, -0.1) is 0 Å². The van der Waals surface area contributed by atoms with Gasteiger partial charge in [0.05, 0.1) is 6.42 Å². The second-order valence-electron chi connectivity index (χ2n) is 5.35. The normalized spacial score (nSPS) is 11.7. The van der Waals surface area contributed by atoms with Crippen molar-refractivity contribution in [2.75, 3.05) is 5.32 Å². The standard InChI is InChI=1S/C16H22N2O4/c1-10(2)17-16(21)11(3)22-15(20)9-13-5-7-14(8-6-13)18-12(4)19/h5-8,10-11H,9H2,1-4H3,(H,17,21)(H,18,19)/t11-/m1/s1. The van der Waals surface area contributed by atoms with Gasteiger partial charge in [0.2, 0.25) is 5.91 Å². The zero-order chi connectivity index (χ0) is 16.7. The molecule has 1 aromatic carbocycles. The van der Waals surface area contributed by atoms with Crippen LogP contribution in [0.3, 0.4) is 0 Å². The molecule has 0 fully saturated rings. The first-order valence-corrected chi connectivity index (χ1v) is 7.14. The zero-order valence-corrected chi connectivity index (χ0v) is 13.3. The number of hydrogen-bond acceptors (Lipinski definition) is 4. The van der Waals surface area contributed by atoms with Crippen LogP contribution in [0.5, 0.6) is 0 Å².